The van der Waals surface area contributed by atoms with Crippen LogP contribution in [0.4, 0.5) is 13.2 Å². The summed E-state index contributed by atoms with van der Waals surface area (Å²) in [5, 5.41) is 2.39. The standard InChI is InChI=1S/C11H13F3N2O/c1-7(6-15)16-10(17)8-4-2-3-5-9(8)11(12,13)14/h2-5,7H,6,15H2,1H3,(H,16,17)/t7-/m1/s1. The van der Waals surface area contributed by atoms with Gasteiger partial charge in [-0.1, -0.05) is 12.1 Å². The second-order valence-electron chi connectivity index (χ2n) is 3.65. The Labute approximate surface area is 96.8 Å². The second kappa shape index (κ2) is 5.18. The molecule has 6 heteroatoms. The molecule has 0 aromatic heterocycles. The lowest BCUT2D eigenvalue weighted by molar-refractivity contribution is -0.137. The maximum absolute atomic E-state index is 12.6. The molecule has 0 spiro atoms. The molecule has 0 bridgehead atoms. The van der Waals surface area contributed by atoms with Crippen LogP contribution >= 0.6 is 0 Å². The molecule has 0 saturated carbocycles. The van der Waals surface area contributed by atoms with Gasteiger partial charge in [0.05, 0.1) is 11.1 Å². The fraction of sp³-hybridized carbons (Fsp3) is 0.364. The molecule has 0 aliphatic carbocycles. The molecule has 1 aromatic rings. The number of rotatable bonds is 3. The van der Waals surface area contributed by atoms with Crippen LogP contribution in [0.25, 0.3) is 0 Å². The number of hydrogen-bond acceptors (Lipinski definition) is 2. The summed E-state index contributed by atoms with van der Waals surface area (Å²) in [5.41, 5.74) is 3.95. The smallest absolute Gasteiger partial charge is 0.348 e. The van der Waals surface area contributed by atoms with E-state index in [4.69, 9.17) is 5.73 Å². The average Bonchev–Trinajstić information content (AvgIpc) is 2.27. The molecule has 1 atom stereocenters. The monoisotopic (exact) mass is 246 g/mol. The number of halogens is 3. The minimum Gasteiger partial charge on any atom is -0.348 e. The highest BCUT2D eigenvalue weighted by Gasteiger charge is 2.34. The van der Waals surface area contributed by atoms with Gasteiger partial charge in [0.15, 0.2) is 0 Å². The normalized spacial score (nSPS) is 13.2. The minimum atomic E-state index is -4.54. The van der Waals surface area contributed by atoms with E-state index in [2.05, 4.69) is 5.32 Å². The van der Waals surface area contributed by atoms with Gasteiger partial charge in [0, 0.05) is 12.6 Å². The molecule has 17 heavy (non-hydrogen) atoms. The Bertz CT molecular complexity index is 404. The van der Waals surface area contributed by atoms with Crippen molar-refractivity contribution in [2.75, 3.05) is 6.54 Å². The highest BCUT2D eigenvalue weighted by molar-refractivity contribution is 5.96. The van der Waals surface area contributed by atoms with Gasteiger partial charge in [-0.2, -0.15) is 13.2 Å². The fourth-order valence-corrected chi connectivity index (χ4v) is 1.29. The van der Waals surface area contributed by atoms with Crippen molar-refractivity contribution < 1.29 is 18.0 Å². The van der Waals surface area contributed by atoms with Crippen molar-refractivity contribution in [3.63, 3.8) is 0 Å². The third kappa shape index (κ3) is 3.45. The van der Waals surface area contributed by atoms with E-state index in [1.807, 2.05) is 0 Å². The molecule has 3 N–H and O–H groups in total. The SMILES string of the molecule is C[C@H](CN)NC(=O)c1ccccc1C(F)(F)F. The first-order valence-corrected chi connectivity index (χ1v) is 5.03. The number of nitrogens with one attached hydrogen (secondary N) is 1. The molecule has 0 aliphatic heterocycles. The molecular formula is C11H13F3N2O. The Kier molecular flexibility index (Phi) is 4.11. The topological polar surface area (TPSA) is 55.1 Å². The van der Waals surface area contributed by atoms with Gasteiger partial charge in [-0.3, -0.25) is 4.79 Å². The predicted octanol–water partition coefficient (Wildman–Crippen LogP) is 1.78. The zero-order valence-corrected chi connectivity index (χ0v) is 9.21. The van der Waals surface area contributed by atoms with Crippen LogP contribution in [0, 0.1) is 0 Å². The zero-order valence-electron chi connectivity index (χ0n) is 9.21. The summed E-state index contributed by atoms with van der Waals surface area (Å²) >= 11 is 0. The Morgan fingerprint density at radius 1 is 1.41 bits per heavy atom. The molecule has 0 aliphatic rings. The van der Waals surface area contributed by atoms with Crippen molar-refractivity contribution in [2.24, 2.45) is 5.73 Å². The van der Waals surface area contributed by atoms with Gasteiger partial charge >= 0.3 is 6.18 Å². The van der Waals surface area contributed by atoms with E-state index in [1.165, 1.54) is 12.1 Å². The molecule has 1 rings (SSSR count). The van der Waals surface area contributed by atoms with Crippen LogP contribution in [-0.2, 0) is 6.18 Å². The van der Waals surface area contributed by atoms with Crippen molar-refractivity contribution in [1.82, 2.24) is 5.32 Å². The highest BCUT2D eigenvalue weighted by atomic mass is 19.4. The van der Waals surface area contributed by atoms with E-state index >= 15 is 0 Å². The van der Waals surface area contributed by atoms with Crippen LogP contribution in [0.1, 0.15) is 22.8 Å². The van der Waals surface area contributed by atoms with E-state index in [0.29, 0.717) is 0 Å². The molecule has 0 radical (unpaired) electrons. The first-order chi connectivity index (χ1) is 7.86. The summed E-state index contributed by atoms with van der Waals surface area (Å²) in [6.07, 6.45) is -4.54. The zero-order chi connectivity index (χ0) is 13.1. The Morgan fingerprint density at radius 2 is 2.00 bits per heavy atom. The van der Waals surface area contributed by atoms with Gasteiger partial charge in [-0.05, 0) is 19.1 Å². The number of carbonyl (C=O) groups is 1. The molecule has 0 fully saturated rings. The van der Waals surface area contributed by atoms with Gasteiger partial charge in [0.2, 0.25) is 0 Å². The maximum Gasteiger partial charge on any atom is 0.417 e. The maximum atomic E-state index is 12.6. The lowest BCUT2D eigenvalue weighted by Gasteiger charge is -2.15. The van der Waals surface area contributed by atoms with E-state index in [9.17, 15) is 18.0 Å². The van der Waals surface area contributed by atoms with Crippen molar-refractivity contribution in [2.45, 2.75) is 19.1 Å². The summed E-state index contributed by atoms with van der Waals surface area (Å²) in [4.78, 5) is 11.6. The molecular weight excluding hydrogens is 233 g/mol. The third-order valence-corrected chi connectivity index (χ3v) is 2.21. The number of amides is 1. The van der Waals surface area contributed by atoms with E-state index in [1.54, 1.807) is 6.92 Å². The Morgan fingerprint density at radius 3 is 2.53 bits per heavy atom. The number of carbonyl (C=O) groups excluding carboxylic acids is 1. The second-order valence-corrected chi connectivity index (χ2v) is 3.65. The van der Waals surface area contributed by atoms with Crippen LogP contribution in [-0.4, -0.2) is 18.5 Å². The molecule has 1 amide bonds. The van der Waals surface area contributed by atoms with Gasteiger partial charge in [0.25, 0.3) is 5.91 Å². The molecule has 1 aromatic carbocycles. The number of hydrogen-bond donors (Lipinski definition) is 2. The summed E-state index contributed by atoms with van der Waals surface area (Å²) in [6, 6.07) is 4.27. The quantitative estimate of drug-likeness (QED) is 0.854. The van der Waals surface area contributed by atoms with Crippen LogP contribution in [0.3, 0.4) is 0 Å². The Hall–Kier alpha value is -1.56. The van der Waals surface area contributed by atoms with Crippen LogP contribution in [0.5, 0.6) is 0 Å². The Balaban J connectivity index is 3.02. The summed E-state index contributed by atoms with van der Waals surface area (Å²) in [6.45, 7) is 1.79. The summed E-state index contributed by atoms with van der Waals surface area (Å²) < 4.78 is 37.9. The lowest BCUT2D eigenvalue weighted by atomic mass is 10.1. The predicted molar refractivity (Wildman–Crippen MR) is 57.4 cm³/mol. The highest BCUT2D eigenvalue weighted by Crippen LogP contribution is 2.31. The minimum absolute atomic E-state index is 0.167. The number of alkyl halides is 3. The molecule has 3 nitrogen and oxygen atoms in total. The van der Waals surface area contributed by atoms with E-state index in [-0.39, 0.29) is 18.2 Å². The van der Waals surface area contributed by atoms with Crippen molar-refractivity contribution >= 4 is 5.91 Å². The van der Waals surface area contributed by atoms with Gasteiger partial charge < -0.3 is 11.1 Å². The number of nitrogens with two attached hydrogens (primary N) is 1. The lowest BCUT2D eigenvalue weighted by Crippen LogP contribution is -2.38. The average molecular weight is 246 g/mol. The van der Waals surface area contributed by atoms with E-state index < -0.39 is 17.6 Å². The van der Waals surface area contributed by atoms with Crippen molar-refractivity contribution in [3.8, 4) is 0 Å². The van der Waals surface area contributed by atoms with Crippen molar-refractivity contribution in [1.29, 1.82) is 0 Å². The molecule has 0 saturated heterocycles. The van der Waals surface area contributed by atoms with Crippen LogP contribution < -0.4 is 11.1 Å². The van der Waals surface area contributed by atoms with Gasteiger partial charge in [0.1, 0.15) is 0 Å². The fourth-order valence-electron chi connectivity index (χ4n) is 1.29. The third-order valence-electron chi connectivity index (χ3n) is 2.21. The van der Waals surface area contributed by atoms with Gasteiger partial charge in [-0.15, -0.1) is 0 Å². The first-order valence-electron chi connectivity index (χ1n) is 5.03. The molecule has 0 heterocycles. The van der Waals surface area contributed by atoms with Crippen LogP contribution in [0.15, 0.2) is 24.3 Å². The molecule has 0 unspecified atom stereocenters. The summed E-state index contributed by atoms with van der Waals surface area (Å²) in [7, 11) is 0. The van der Waals surface area contributed by atoms with Gasteiger partial charge in [-0.25, -0.2) is 0 Å². The first kappa shape index (κ1) is 13.5. The summed E-state index contributed by atoms with van der Waals surface area (Å²) in [5.74, 6) is -0.768. The molecule has 94 valence electrons. The largest absolute Gasteiger partial charge is 0.417 e. The number of benzene rings is 1. The van der Waals surface area contributed by atoms with E-state index in [0.717, 1.165) is 12.1 Å². The van der Waals surface area contributed by atoms with Crippen molar-refractivity contribution in [3.05, 3.63) is 35.4 Å². The van der Waals surface area contributed by atoms with Crippen LogP contribution in [0.2, 0.25) is 0 Å².